The van der Waals surface area contributed by atoms with Crippen molar-refractivity contribution < 1.29 is 14.6 Å². The molecule has 164 valence electrons. The molecule has 0 spiro atoms. The molecule has 0 amide bonds. The number of hydrogen-bond donors (Lipinski definition) is 4. The molecule has 0 fully saturated rings. The molecule has 0 saturated heterocycles. The lowest BCUT2D eigenvalue weighted by Crippen LogP contribution is -2.17. The summed E-state index contributed by atoms with van der Waals surface area (Å²) < 4.78 is 5.09. The monoisotopic (exact) mass is 432 g/mol. The van der Waals surface area contributed by atoms with Gasteiger partial charge in [0.15, 0.2) is 0 Å². The lowest BCUT2D eigenvalue weighted by Gasteiger charge is -2.14. The number of carbonyl (C=O) groups excluding carboxylic acids is 1. The zero-order chi connectivity index (χ0) is 22.7. The summed E-state index contributed by atoms with van der Waals surface area (Å²) in [6.07, 6.45) is 0.795. The van der Waals surface area contributed by atoms with Crippen molar-refractivity contribution in [2.75, 3.05) is 18.5 Å². The normalized spacial score (nSPS) is 12.0. The van der Waals surface area contributed by atoms with Gasteiger partial charge in [0.25, 0.3) is 5.56 Å². The van der Waals surface area contributed by atoms with Crippen LogP contribution in [0.3, 0.4) is 0 Å². The van der Waals surface area contributed by atoms with E-state index in [0.717, 1.165) is 11.1 Å². The van der Waals surface area contributed by atoms with E-state index in [4.69, 9.17) is 4.74 Å². The first-order valence-electron chi connectivity index (χ1n) is 10.3. The molecule has 4 rings (SSSR count). The molecule has 8 heteroatoms. The molecular formula is C24H24N4O4. The van der Waals surface area contributed by atoms with Gasteiger partial charge in [-0.1, -0.05) is 30.3 Å². The lowest BCUT2D eigenvalue weighted by atomic mass is 10.1. The second-order valence-corrected chi connectivity index (χ2v) is 7.40. The fourth-order valence-corrected chi connectivity index (χ4v) is 3.60. The molecule has 0 bridgehead atoms. The fourth-order valence-electron chi connectivity index (χ4n) is 3.60. The van der Waals surface area contributed by atoms with Crippen LogP contribution in [0, 0.1) is 6.92 Å². The van der Waals surface area contributed by atoms with E-state index in [9.17, 15) is 14.7 Å². The van der Waals surface area contributed by atoms with E-state index in [0.29, 0.717) is 33.7 Å². The average Bonchev–Trinajstić information content (AvgIpc) is 3.22. The van der Waals surface area contributed by atoms with Crippen molar-refractivity contribution in [2.45, 2.75) is 20.0 Å². The van der Waals surface area contributed by atoms with Gasteiger partial charge in [0, 0.05) is 12.7 Å². The number of aromatic amines is 2. The lowest BCUT2D eigenvalue weighted by molar-refractivity contribution is 0.0526. The smallest absolute Gasteiger partial charge is 0.338 e. The van der Waals surface area contributed by atoms with Gasteiger partial charge in [0.05, 0.1) is 35.0 Å². The minimum atomic E-state index is -0.742. The van der Waals surface area contributed by atoms with Crippen LogP contribution in [0.4, 0.5) is 5.69 Å². The maximum Gasteiger partial charge on any atom is 0.338 e. The zero-order valence-corrected chi connectivity index (χ0v) is 17.8. The van der Waals surface area contributed by atoms with Crippen LogP contribution in [0.5, 0.6) is 0 Å². The number of hydrogen-bond acceptors (Lipinski definition) is 6. The number of benzene rings is 2. The number of fused-ring (bicyclic) bond motifs is 1. The number of aromatic nitrogens is 3. The molecule has 0 aliphatic carbocycles. The molecule has 2 aromatic heterocycles. The van der Waals surface area contributed by atoms with Gasteiger partial charge in [0.1, 0.15) is 11.4 Å². The Morgan fingerprint density at radius 3 is 2.75 bits per heavy atom. The Bertz CT molecular complexity index is 1310. The van der Waals surface area contributed by atoms with Crippen LogP contribution < -0.4 is 10.9 Å². The molecule has 2 aromatic carbocycles. The Balaban J connectivity index is 1.68. The predicted molar refractivity (Wildman–Crippen MR) is 123 cm³/mol. The van der Waals surface area contributed by atoms with Crippen LogP contribution in [-0.2, 0) is 4.74 Å². The zero-order valence-electron chi connectivity index (χ0n) is 17.8. The van der Waals surface area contributed by atoms with Gasteiger partial charge < -0.3 is 25.1 Å². The molecule has 2 heterocycles. The number of carbonyl (C=O) groups is 1. The number of rotatable bonds is 7. The molecule has 0 aliphatic heterocycles. The van der Waals surface area contributed by atoms with E-state index in [-0.39, 0.29) is 18.7 Å². The average molecular weight is 432 g/mol. The number of aryl methyl sites for hydroxylation is 1. The van der Waals surface area contributed by atoms with Crippen LogP contribution in [0.2, 0.25) is 0 Å². The Morgan fingerprint density at radius 2 is 2.00 bits per heavy atom. The Labute approximate surface area is 184 Å². The third-order valence-electron chi connectivity index (χ3n) is 5.16. The quantitative estimate of drug-likeness (QED) is 0.332. The summed E-state index contributed by atoms with van der Waals surface area (Å²) in [6, 6.07) is 14.4. The van der Waals surface area contributed by atoms with Crippen LogP contribution in [0.15, 0.2) is 59.5 Å². The largest absolute Gasteiger partial charge is 0.462 e. The Kier molecular flexibility index (Phi) is 6.04. The first kappa shape index (κ1) is 21.3. The summed E-state index contributed by atoms with van der Waals surface area (Å²) in [7, 11) is 0. The van der Waals surface area contributed by atoms with Crippen molar-refractivity contribution in [3.05, 3.63) is 81.8 Å². The number of nitrogens with one attached hydrogen (secondary N) is 3. The number of aliphatic hydroxyl groups is 1. The SMILES string of the molecule is CCOC(=O)c1cc(C)c2nc(-c3c(NCC(O)c4ccccc4)cc[nH]c3=O)[nH]c2c1. The number of imidazole rings is 1. The molecule has 0 radical (unpaired) electrons. The van der Waals surface area contributed by atoms with Gasteiger partial charge >= 0.3 is 5.97 Å². The highest BCUT2D eigenvalue weighted by molar-refractivity contribution is 5.95. The number of aliphatic hydroxyl groups excluding tert-OH is 1. The van der Waals surface area contributed by atoms with Crippen molar-refractivity contribution in [2.24, 2.45) is 0 Å². The number of anilines is 1. The van der Waals surface area contributed by atoms with Gasteiger partial charge in [-0.05, 0) is 43.2 Å². The summed E-state index contributed by atoms with van der Waals surface area (Å²) in [6.45, 7) is 4.10. The molecule has 0 aliphatic rings. The fraction of sp³-hybridized carbons (Fsp3) is 0.208. The third kappa shape index (κ3) is 4.26. The van der Waals surface area contributed by atoms with E-state index in [1.165, 1.54) is 6.20 Å². The predicted octanol–water partition coefficient (Wildman–Crippen LogP) is 3.55. The molecule has 4 aromatic rings. The summed E-state index contributed by atoms with van der Waals surface area (Å²) >= 11 is 0. The minimum absolute atomic E-state index is 0.215. The first-order valence-corrected chi connectivity index (χ1v) is 10.3. The number of pyridine rings is 1. The number of nitrogens with zero attached hydrogens (tertiary/aromatic N) is 1. The highest BCUT2D eigenvalue weighted by Crippen LogP contribution is 2.27. The molecule has 1 unspecified atom stereocenters. The van der Waals surface area contributed by atoms with Gasteiger partial charge in [-0.2, -0.15) is 0 Å². The number of ether oxygens (including phenoxy) is 1. The second-order valence-electron chi connectivity index (χ2n) is 7.40. The van der Waals surface area contributed by atoms with Gasteiger partial charge in [-0.25, -0.2) is 9.78 Å². The molecule has 32 heavy (non-hydrogen) atoms. The highest BCUT2D eigenvalue weighted by atomic mass is 16.5. The van der Waals surface area contributed by atoms with Crippen molar-refractivity contribution in [1.29, 1.82) is 0 Å². The number of H-pyrrole nitrogens is 2. The maximum absolute atomic E-state index is 12.7. The van der Waals surface area contributed by atoms with E-state index >= 15 is 0 Å². The van der Waals surface area contributed by atoms with Crippen LogP contribution in [0.25, 0.3) is 22.4 Å². The Hall–Kier alpha value is -3.91. The minimum Gasteiger partial charge on any atom is -0.462 e. The Morgan fingerprint density at radius 1 is 1.22 bits per heavy atom. The molecule has 0 saturated carbocycles. The third-order valence-corrected chi connectivity index (χ3v) is 5.16. The van der Waals surface area contributed by atoms with Gasteiger partial charge in [-0.3, -0.25) is 4.79 Å². The molecule has 8 nitrogen and oxygen atoms in total. The van der Waals surface area contributed by atoms with Crippen LogP contribution in [-0.4, -0.2) is 39.2 Å². The summed E-state index contributed by atoms with van der Waals surface area (Å²) in [5, 5.41) is 13.6. The van der Waals surface area contributed by atoms with Crippen molar-refractivity contribution in [3.63, 3.8) is 0 Å². The summed E-state index contributed by atoms with van der Waals surface area (Å²) in [5.41, 5.74) is 3.79. The molecule has 4 N–H and O–H groups in total. The van der Waals surface area contributed by atoms with E-state index in [2.05, 4.69) is 20.3 Å². The topological polar surface area (TPSA) is 120 Å². The van der Waals surface area contributed by atoms with Crippen molar-refractivity contribution >= 4 is 22.7 Å². The maximum atomic E-state index is 12.7. The summed E-state index contributed by atoms with van der Waals surface area (Å²) in [4.78, 5) is 35.3. The summed E-state index contributed by atoms with van der Waals surface area (Å²) in [5.74, 6) is -0.0499. The van der Waals surface area contributed by atoms with Crippen LogP contribution >= 0.6 is 0 Å². The van der Waals surface area contributed by atoms with Crippen LogP contribution in [0.1, 0.15) is 34.5 Å². The van der Waals surface area contributed by atoms with Gasteiger partial charge in [0.2, 0.25) is 0 Å². The van der Waals surface area contributed by atoms with Crippen molar-refractivity contribution in [1.82, 2.24) is 15.0 Å². The standard InChI is InChI=1S/C24H24N4O4/c1-3-32-24(31)16-11-14(2)21-18(12-16)27-22(28-21)20-17(9-10-25-23(20)30)26-13-19(29)15-7-5-4-6-8-15/h4-12,19,29H,3,13H2,1-2H3,(H,27,28)(H2,25,26,30). The van der Waals surface area contributed by atoms with E-state index < -0.39 is 12.1 Å². The highest BCUT2D eigenvalue weighted by Gasteiger charge is 2.18. The molecule has 1 atom stereocenters. The first-order chi connectivity index (χ1) is 15.5. The van der Waals surface area contributed by atoms with E-state index in [1.54, 1.807) is 25.1 Å². The van der Waals surface area contributed by atoms with E-state index in [1.807, 2.05) is 37.3 Å². The molecular weight excluding hydrogens is 408 g/mol. The van der Waals surface area contributed by atoms with Crippen molar-refractivity contribution in [3.8, 4) is 11.4 Å². The van der Waals surface area contributed by atoms with Gasteiger partial charge in [-0.15, -0.1) is 0 Å². The second kappa shape index (κ2) is 9.07. The number of esters is 1.